The molecule has 0 fully saturated rings. The Hall–Kier alpha value is -1.02. The first-order valence-electron chi connectivity index (χ1n) is 3.70. The Balaban J connectivity index is 2.86. The lowest BCUT2D eigenvalue weighted by molar-refractivity contribution is 0.299. The molecule has 0 saturated heterocycles. The molecule has 0 aliphatic heterocycles. The van der Waals surface area contributed by atoms with Crippen LogP contribution in [0.5, 0.6) is 0 Å². The van der Waals surface area contributed by atoms with E-state index < -0.39 is 0 Å². The van der Waals surface area contributed by atoms with Gasteiger partial charge in [0.05, 0.1) is 0 Å². The third-order valence-corrected chi connectivity index (χ3v) is 1.73. The monoisotopic (exact) mass is 151 g/mol. The lowest BCUT2D eigenvalue weighted by Gasteiger charge is -2.02. The molecule has 0 atom stereocenters. The van der Waals surface area contributed by atoms with E-state index in [1.807, 2.05) is 25.1 Å². The molecule has 60 valence electrons. The fourth-order valence-electron chi connectivity index (χ4n) is 1.02. The SMILES string of the molecule is Cc1cc(CCO)ccc1N. The van der Waals surface area contributed by atoms with Crippen molar-refractivity contribution in [3.05, 3.63) is 29.3 Å². The fourth-order valence-corrected chi connectivity index (χ4v) is 1.02. The number of hydrogen-bond acceptors (Lipinski definition) is 2. The minimum atomic E-state index is 0.198. The van der Waals surface area contributed by atoms with Gasteiger partial charge in [0.2, 0.25) is 0 Å². The lowest BCUT2D eigenvalue weighted by Crippen LogP contribution is -1.94. The summed E-state index contributed by atoms with van der Waals surface area (Å²) in [6.45, 7) is 2.17. The summed E-state index contributed by atoms with van der Waals surface area (Å²) in [6, 6.07) is 5.82. The van der Waals surface area contributed by atoms with E-state index in [0.717, 1.165) is 16.8 Å². The molecule has 0 unspecified atom stereocenters. The molecule has 1 aromatic carbocycles. The van der Waals surface area contributed by atoms with Crippen LogP contribution in [0.25, 0.3) is 0 Å². The predicted octanol–water partition coefficient (Wildman–Crippen LogP) is 1.11. The first-order chi connectivity index (χ1) is 5.24. The molecule has 2 heteroatoms. The Morgan fingerprint density at radius 3 is 2.73 bits per heavy atom. The average Bonchev–Trinajstić information content (AvgIpc) is 1.98. The molecule has 1 aromatic rings. The van der Waals surface area contributed by atoms with Crippen LogP contribution in [0.1, 0.15) is 11.1 Å². The Kier molecular flexibility index (Phi) is 2.49. The third-order valence-electron chi connectivity index (χ3n) is 1.73. The van der Waals surface area contributed by atoms with Gasteiger partial charge in [-0.15, -0.1) is 0 Å². The number of nitrogens with two attached hydrogens (primary N) is 1. The molecule has 2 nitrogen and oxygen atoms in total. The van der Waals surface area contributed by atoms with Gasteiger partial charge in [0.15, 0.2) is 0 Å². The minimum Gasteiger partial charge on any atom is -0.399 e. The topological polar surface area (TPSA) is 46.2 Å². The van der Waals surface area contributed by atoms with Crippen LogP contribution in [0.3, 0.4) is 0 Å². The van der Waals surface area contributed by atoms with Crippen LogP contribution in [-0.2, 0) is 6.42 Å². The van der Waals surface area contributed by atoms with Gasteiger partial charge in [0.1, 0.15) is 0 Å². The number of aliphatic hydroxyl groups is 1. The zero-order valence-corrected chi connectivity index (χ0v) is 6.67. The van der Waals surface area contributed by atoms with Gasteiger partial charge in [-0.2, -0.15) is 0 Å². The van der Waals surface area contributed by atoms with Crippen LogP contribution < -0.4 is 5.73 Å². The molecule has 0 heterocycles. The molecule has 0 saturated carbocycles. The van der Waals surface area contributed by atoms with Crippen molar-refractivity contribution in [2.75, 3.05) is 12.3 Å². The standard InChI is InChI=1S/C9H13NO/c1-7-6-8(4-5-11)2-3-9(7)10/h2-3,6,11H,4-5,10H2,1H3. The van der Waals surface area contributed by atoms with Crippen LogP contribution in [-0.4, -0.2) is 11.7 Å². The summed E-state index contributed by atoms with van der Waals surface area (Å²) in [7, 11) is 0. The van der Waals surface area contributed by atoms with Crippen molar-refractivity contribution in [2.24, 2.45) is 0 Å². The largest absolute Gasteiger partial charge is 0.399 e. The van der Waals surface area contributed by atoms with Crippen molar-refractivity contribution in [1.29, 1.82) is 0 Å². The quantitative estimate of drug-likeness (QED) is 0.622. The highest BCUT2D eigenvalue weighted by Gasteiger charge is 1.94. The van der Waals surface area contributed by atoms with E-state index in [9.17, 15) is 0 Å². The second kappa shape index (κ2) is 3.39. The van der Waals surface area contributed by atoms with Gasteiger partial charge in [-0.3, -0.25) is 0 Å². The summed E-state index contributed by atoms with van der Waals surface area (Å²) in [6.07, 6.45) is 0.709. The van der Waals surface area contributed by atoms with Crippen LogP contribution in [0.4, 0.5) is 5.69 Å². The molecule has 1 rings (SSSR count). The molecule has 0 aromatic heterocycles. The third kappa shape index (κ3) is 1.95. The second-order valence-corrected chi connectivity index (χ2v) is 2.66. The van der Waals surface area contributed by atoms with Gasteiger partial charge in [-0.05, 0) is 30.5 Å². The number of hydrogen-bond donors (Lipinski definition) is 2. The Morgan fingerprint density at radius 2 is 2.18 bits per heavy atom. The molecule has 0 amide bonds. The van der Waals surface area contributed by atoms with Crippen molar-refractivity contribution in [1.82, 2.24) is 0 Å². The van der Waals surface area contributed by atoms with Crippen LogP contribution >= 0.6 is 0 Å². The van der Waals surface area contributed by atoms with E-state index in [4.69, 9.17) is 10.8 Å². The van der Waals surface area contributed by atoms with E-state index in [0.29, 0.717) is 6.42 Å². The van der Waals surface area contributed by atoms with Crippen molar-refractivity contribution in [2.45, 2.75) is 13.3 Å². The molecule has 0 aliphatic rings. The maximum absolute atomic E-state index is 8.65. The number of benzene rings is 1. The van der Waals surface area contributed by atoms with Gasteiger partial charge in [-0.25, -0.2) is 0 Å². The summed E-state index contributed by atoms with van der Waals surface area (Å²) in [5.41, 5.74) is 8.65. The number of nitrogen functional groups attached to an aromatic ring is 1. The zero-order valence-electron chi connectivity index (χ0n) is 6.67. The highest BCUT2D eigenvalue weighted by molar-refractivity contribution is 5.47. The molecule has 3 N–H and O–H groups in total. The first-order valence-corrected chi connectivity index (χ1v) is 3.70. The van der Waals surface area contributed by atoms with Gasteiger partial charge >= 0.3 is 0 Å². The smallest absolute Gasteiger partial charge is 0.0471 e. The maximum Gasteiger partial charge on any atom is 0.0471 e. The highest BCUT2D eigenvalue weighted by atomic mass is 16.2. The Labute approximate surface area is 66.7 Å². The Bertz CT molecular complexity index is 245. The van der Waals surface area contributed by atoms with Gasteiger partial charge in [0.25, 0.3) is 0 Å². The minimum absolute atomic E-state index is 0.198. The molecule has 0 bridgehead atoms. The van der Waals surface area contributed by atoms with Crippen LogP contribution in [0.2, 0.25) is 0 Å². The molecule has 11 heavy (non-hydrogen) atoms. The van der Waals surface area contributed by atoms with Gasteiger partial charge in [0, 0.05) is 12.3 Å². The van der Waals surface area contributed by atoms with E-state index in [2.05, 4.69) is 0 Å². The number of rotatable bonds is 2. The molecule has 0 aliphatic carbocycles. The Morgan fingerprint density at radius 1 is 1.45 bits per heavy atom. The summed E-state index contributed by atoms with van der Waals surface area (Å²) in [5.74, 6) is 0. The summed E-state index contributed by atoms with van der Waals surface area (Å²) in [5, 5.41) is 8.65. The molecular formula is C9H13NO. The lowest BCUT2D eigenvalue weighted by atomic mass is 10.1. The summed E-state index contributed by atoms with van der Waals surface area (Å²) in [4.78, 5) is 0. The maximum atomic E-state index is 8.65. The average molecular weight is 151 g/mol. The molecule has 0 spiro atoms. The van der Waals surface area contributed by atoms with Gasteiger partial charge in [-0.1, -0.05) is 12.1 Å². The fraction of sp³-hybridized carbons (Fsp3) is 0.333. The van der Waals surface area contributed by atoms with Crippen molar-refractivity contribution >= 4 is 5.69 Å². The number of aliphatic hydroxyl groups excluding tert-OH is 1. The number of aryl methyl sites for hydroxylation is 1. The predicted molar refractivity (Wildman–Crippen MR) is 46.4 cm³/mol. The van der Waals surface area contributed by atoms with E-state index in [1.54, 1.807) is 0 Å². The summed E-state index contributed by atoms with van der Waals surface area (Å²) < 4.78 is 0. The highest BCUT2D eigenvalue weighted by Crippen LogP contribution is 2.12. The van der Waals surface area contributed by atoms with Crippen molar-refractivity contribution in [3.63, 3.8) is 0 Å². The van der Waals surface area contributed by atoms with Crippen molar-refractivity contribution in [3.8, 4) is 0 Å². The van der Waals surface area contributed by atoms with Gasteiger partial charge < -0.3 is 10.8 Å². The summed E-state index contributed by atoms with van der Waals surface area (Å²) >= 11 is 0. The van der Waals surface area contributed by atoms with E-state index in [1.165, 1.54) is 0 Å². The van der Waals surface area contributed by atoms with E-state index in [-0.39, 0.29) is 6.61 Å². The van der Waals surface area contributed by atoms with Crippen molar-refractivity contribution < 1.29 is 5.11 Å². The number of anilines is 1. The normalized spacial score (nSPS) is 10.0. The molecular weight excluding hydrogens is 138 g/mol. The zero-order chi connectivity index (χ0) is 8.27. The van der Waals surface area contributed by atoms with Crippen LogP contribution in [0, 0.1) is 6.92 Å². The second-order valence-electron chi connectivity index (χ2n) is 2.66. The first kappa shape index (κ1) is 8.08. The van der Waals surface area contributed by atoms with Crippen LogP contribution in [0.15, 0.2) is 18.2 Å². The van der Waals surface area contributed by atoms with E-state index >= 15 is 0 Å². The molecule has 0 radical (unpaired) electrons.